The van der Waals surface area contributed by atoms with E-state index < -0.39 is 6.09 Å². The molecule has 114 valence electrons. The summed E-state index contributed by atoms with van der Waals surface area (Å²) >= 11 is 0. The van der Waals surface area contributed by atoms with Crippen molar-refractivity contribution in [2.75, 3.05) is 12.4 Å². The first-order valence-electron chi connectivity index (χ1n) is 7.10. The van der Waals surface area contributed by atoms with Crippen molar-refractivity contribution < 1.29 is 14.7 Å². The van der Waals surface area contributed by atoms with E-state index >= 15 is 0 Å². The summed E-state index contributed by atoms with van der Waals surface area (Å²) in [6.45, 7) is 4.08. The third-order valence-corrected chi connectivity index (χ3v) is 4.10. The molecule has 21 heavy (non-hydrogen) atoms. The van der Waals surface area contributed by atoms with Gasteiger partial charge in [-0.2, -0.15) is 0 Å². The molecule has 6 nitrogen and oxygen atoms in total. The molecule has 1 heterocycles. The number of amides is 2. The van der Waals surface area contributed by atoms with Gasteiger partial charge in [-0.05, 0) is 30.2 Å². The van der Waals surface area contributed by atoms with Crippen LogP contribution in [-0.2, 0) is 0 Å². The molecule has 1 aliphatic heterocycles. The molecule has 0 bridgehead atoms. The van der Waals surface area contributed by atoms with E-state index in [1.165, 1.54) is 0 Å². The Kier molecular flexibility index (Phi) is 4.35. The van der Waals surface area contributed by atoms with Crippen LogP contribution in [0.1, 0.15) is 42.2 Å². The lowest BCUT2D eigenvalue weighted by Crippen LogP contribution is -2.43. The van der Waals surface area contributed by atoms with Gasteiger partial charge in [-0.15, -0.1) is 0 Å². The quantitative estimate of drug-likeness (QED) is 0.687. The van der Waals surface area contributed by atoms with E-state index in [0.29, 0.717) is 5.56 Å². The molecule has 1 aromatic carbocycles. The first-order valence-corrected chi connectivity index (χ1v) is 7.10. The number of nitrogens with one attached hydrogen (secondary N) is 3. The normalized spacial score (nSPS) is 23.7. The predicted octanol–water partition coefficient (Wildman–Crippen LogP) is 2.20. The smallest absolute Gasteiger partial charge is 0.405 e. The number of hydrogen-bond acceptors (Lipinski definition) is 3. The fourth-order valence-corrected chi connectivity index (χ4v) is 2.90. The second-order valence-corrected chi connectivity index (χ2v) is 5.33. The molecular weight excluding hydrogens is 270 g/mol. The molecule has 0 radical (unpaired) electrons. The van der Waals surface area contributed by atoms with Crippen LogP contribution >= 0.6 is 0 Å². The number of carboxylic acid groups (broad SMARTS) is 1. The Hall–Kier alpha value is -2.24. The Morgan fingerprint density at radius 3 is 2.67 bits per heavy atom. The largest absolute Gasteiger partial charge is 0.465 e. The lowest BCUT2D eigenvalue weighted by molar-refractivity contribution is 0.0963. The molecule has 1 aromatic rings. The van der Waals surface area contributed by atoms with Crippen molar-refractivity contribution in [2.45, 2.75) is 32.4 Å². The molecule has 0 unspecified atom stereocenters. The highest BCUT2D eigenvalue weighted by atomic mass is 16.4. The van der Waals surface area contributed by atoms with Crippen molar-refractivity contribution in [1.82, 2.24) is 10.6 Å². The Balaban J connectivity index is 2.45. The minimum atomic E-state index is -1.06. The topological polar surface area (TPSA) is 90.5 Å². The van der Waals surface area contributed by atoms with E-state index in [9.17, 15) is 9.59 Å². The summed E-state index contributed by atoms with van der Waals surface area (Å²) in [5.41, 5.74) is 2.22. The van der Waals surface area contributed by atoms with Crippen molar-refractivity contribution in [1.29, 1.82) is 0 Å². The van der Waals surface area contributed by atoms with Crippen LogP contribution in [0.2, 0.25) is 0 Å². The van der Waals surface area contributed by atoms with E-state index in [-0.39, 0.29) is 23.9 Å². The van der Waals surface area contributed by atoms with Crippen LogP contribution in [0, 0.1) is 5.92 Å². The predicted molar refractivity (Wildman–Crippen MR) is 80.6 cm³/mol. The summed E-state index contributed by atoms with van der Waals surface area (Å²) < 4.78 is 0. The highest BCUT2D eigenvalue weighted by Gasteiger charge is 2.34. The minimum absolute atomic E-state index is 0.0959. The summed E-state index contributed by atoms with van der Waals surface area (Å²) in [5, 5.41) is 17.7. The summed E-state index contributed by atoms with van der Waals surface area (Å²) in [4.78, 5) is 22.8. The van der Waals surface area contributed by atoms with E-state index in [2.05, 4.69) is 22.9 Å². The molecule has 2 rings (SSSR count). The molecule has 6 heteroatoms. The van der Waals surface area contributed by atoms with Crippen LogP contribution in [-0.4, -0.2) is 30.2 Å². The van der Waals surface area contributed by atoms with Gasteiger partial charge in [0.15, 0.2) is 0 Å². The maximum absolute atomic E-state index is 11.8. The molecule has 0 spiro atoms. The molecule has 0 saturated heterocycles. The average Bonchev–Trinajstić information content (AvgIpc) is 2.48. The standard InChI is InChI=1S/C15H21N3O3/c1-4-11-8(2)13(18-15(20)21)10-7-9(14(19)16-3)5-6-12(10)17-11/h5-8,11,13,17-18H,4H2,1-3H3,(H,16,19)(H,20,21)/t8-,11-,13+/m0/s1. The number of rotatable bonds is 3. The van der Waals surface area contributed by atoms with Crippen LogP contribution in [0.5, 0.6) is 0 Å². The van der Waals surface area contributed by atoms with Gasteiger partial charge >= 0.3 is 6.09 Å². The zero-order valence-corrected chi connectivity index (χ0v) is 12.4. The van der Waals surface area contributed by atoms with Crippen LogP contribution in [0.3, 0.4) is 0 Å². The zero-order valence-electron chi connectivity index (χ0n) is 12.4. The molecule has 0 fully saturated rings. The van der Waals surface area contributed by atoms with Gasteiger partial charge in [-0.1, -0.05) is 13.8 Å². The van der Waals surface area contributed by atoms with Crippen LogP contribution in [0.4, 0.5) is 10.5 Å². The minimum Gasteiger partial charge on any atom is -0.465 e. The first-order chi connectivity index (χ1) is 9.97. The molecule has 2 amide bonds. The van der Waals surface area contributed by atoms with Crippen molar-refractivity contribution in [3.8, 4) is 0 Å². The molecular formula is C15H21N3O3. The third kappa shape index (κ3) is 2.94. The Morgan fingerprint density at radius 2 is 2.10 bits per heavy atom. The summed E-state index contributed by atoms with van der Waals surface area (Å²) in [5.74, 6) is -0.0873. The summed E-state index contributed by atoms with van der Waals surface area (Å²) in [6.07, 6.45) is -0.157. The lowest BCUT2D eigenvalue weighted by atomic mass is 9.82. The van der Waals surface area contributed by atoms with Crippen molar-refractivity contribution in [2.24, 2.45) is 5.92 Å². The molecule has 0 aromatic heterocycles. The number of fused-ring (bicyclic) bond motifs is 1. The van der Waals surface area contributed by atoms with Gasteiger partial charge in [0.25, 0.3) is 5.91 Å². The first kappa shape index (κ1) is 15.2. The van der Waals surface area contributed by atoms with Crippen LogP contribution < -0.4 is 16.0 Å². The lowest BCUT2D eigenvalue weighted by Gasteiger charge is -2.38. The van der Waals surface area contributed by atoms with Crippen molar-refractivity contribution >= 4 is 17.7 Å². The number of hydrogen-bond donors (Lipinski definition) is 4. The number of carbonyl (C=O) groups excluding carboxylic acids is 1. The maximum atomic E-state index is 11.8. The molecule has 3 atom stereocenters. The molecule has 4 N–H and O–H groups in total. The Bertz CT molecular complexity index is 559. The summed E-state index contributed by atoms with van der Waals surface area (Å²) in [6, 6.07) is 5.20. The number of benzene rings is 1. The van der Waals surface area contributed by atoms with E-state index in [1.54, 1.807) is 19.2 Å². The second-order valence-electron chi connectivity index (χ2n) is 5.33. The average molecular weight is 291 g/mol. The van der Waals surface area contributed by atoms with Gasteiger partial charge in [-0.25, -0.2) is 4.79 Å². The van der Waals surface area contributed by atoms with Gasteiger partial charge in [0, 0.05) is 30.3 Å². The van der Waals surface area contributed by atoms with E-state index in [4.69, 9.17) is 5.11 Å². The van der Waals surface area contributed by atoms with Gasteiger partial charge in [-0.3, -0.25) is 4.79 Å². The van der Waals surface area contributed by atoms with Gasteiger partial charge < -0.3 is 21.1 Å². The monoisotopic (exact) mass is 291 g/mol. The zero-order chi connectivity index (χ0) is 15.6. The van der Waals surface area contributed by atoms with Gasteiger partial charge in [0.2, 0.25) is 0 Å². The fraction of sp³-hybridized carbons (Fsp3) is 0.467. The highest BCUT2D eigenvalue weighted by Crippen LogP contribution is 2.38. The molecule has 0 saturated carbocycles. The molecule has 0 aliphatic carbocycles. The third-order valence-electron chi connectivity index (χ3n) is 4.10. The van der Waals surface area contributed by atoms with Crippen molar-refractivity contribution in [3.05, 3.63) is 29.3 Å². The fourth-order valence-electron chi connectivity index (χ4n) is 2.90. The Labute approximate surface area is 123 Å². The van der Waals surface area contributed by atoms with Crippen LogP contribution in [0.25, 0.3) is 0 Å². The second kappa shape index (κ2) is 6.03. The van der Waals surface area contributed by atoms with E-state index in [1.807, 2.05) is 13.0 Å². The number of anilines is 1. The maximum Gasteiger partial charge on any atom is 0.405 e. The Morgan fingerprint density at radius 1 is 1.38 bits per heavy atom. The van der Waals surface area contributed by atoms with Gasteiger partial charge in [0.05, 0.1) is 6.04 Å². The van der Waals surface area contributed by atoms with Crippen molar-refractivity contribution in [3.63, 3.8) is 0 Å². The number of carbonyl (C=O) groups is 2. The molecule has 1 aliphatic rings. The summed E-state index contributed by atoms with van der Waals surface area (Å²) in [7, 11) is 1.57. The van der Waals surface area contributed by atoms with Gasteiger partial charge in [0.1, 0.15) is 0 Å². The van der Waals surface area contributed by atoms with E-state index in [0.717, 1.165) is 17.7 Å². The van der Waals surface area contributed by atoms with Crippen LogP contribution in [0.15, 0.2) is 18.2 Å². The SMILES string of the molecule is CC[C@@H]1Nc2ccc(C(=O)NC)cc2[C@H](NC(=O)O)[C@H]1C. The highest BCUT2D eigenvalue weighted by molar-refractivity contribution is 5.94.